The van der Waals surface area contributed by atoms with Gasteiger partial charge in [-0.1, -0.05) is 6.07 Å². The van der Waals surface area contributed by atoms with Gasteiger partial charge in [-0.3, -0.25) is 9.67 Å². The van der Waals surface area contributed by atoms with Crippen LogP contribution in [0.3, 0.4) is 0 Å². The Labute approximate surface area is 120 Å². The highest BCUT2D eigenvalue weighted by Crippen LogP contribution is 2.37. The van der Waals surface area contributed by atoms with Crippen LogP contribution in [0.25, 0.3) is 0 Å². The molecule has 0 saturated carbocycles. The van der Waals surface area contributed by atoms with E-state index >= 15 is 0 Å². The number of fused-ring (bicyclic) bond motifs is 1. The van der Waals surface area contributed by atoms with Gasteiger partial charge in [0.05, 0.1) is 17.4 Å². The molecule has 2 unspecified atom stereocenters. The molecule has 4 nitrogen and oxygen atoms in total. The second-order valence-corrected chi connectivity index (χ2v) is 5.60. The average molecular weight is 270 g/mol. The first-order valence-electron chi connectivity index (χ1n) is 7.44. The van der Waals surface area contributed by atoms with E-state index in [0.29, 0.717) is 5.92 Å². The summed E-state index contributed by atoms with van der Waals surface area (Å²) in [6.45, 7) is 4.99. The average Bonchev–Trinajstić information content (AvgIpc) is 2.87. The zero-order valence-corrected chi connectivity index (χ0v) is 12.2. The van der Waals surface area contributed by atoms with Gasteiger partial charge in [-0.05, 0) is 50.8 Å². The van der Waals surface area contributed by atoms with Gasteiger partial charge in [0.1, 0.15) is 0 Å². The minimum absolute atomic E-state index is 0.0231. The van der Waals surface area contributed by atoms with E-state index in [4.69, 9.17) is 5.73 Å². The van der Waals surface area contributed by atoms with Crippen molar-refractivity contribution in [3.63, 3.8) is 0 Å². The number of nitrogens with zero attached hydrogens (tertiary/aromatic N) is 3. The maximum Gasteiger partial charge on any atom is 0.0597 e. The van der Waals surface area contributed by atoms with E-state index in [1.807, 2.05) is 23.9 Å². The fraction of sp³-hybridized carbons (Fsp3) is 0.500. The Morgan fingerprint density at radius 1 is 1.50 bits per heavy atom. The summed E-state index contributed by atoms with van der Waals surface area (Å²) in [5, 5.41) is 4.52. The summed E-state index contributed by atoms with van der Waals surface area (Å²) in [5.41, 5.74) is 11.3. The highest BCUT2D eigenvalue weighted by Gasteiger charge is 2.29. The first-order chi connectivity index (χ1) is 9.70. The number of aromatic nitrogens is 3. The predicted molar refractivity (Wildman–Crippen MR) is 79.5 cm³/mol. The lowest BCUT2D eigenvalue weighted by atomic mass is 9.81. The van der Waals surface area contributed by atoms with Gasteiger partial charge >= 0.3 is 0 Å². The number of hydrogen-bond donors (Lipinski definition) is 1. The molecule has 0 radical (unpaired) electrons. The van der Waals surface area contributed by atoms with Crippen LogP contribution in [-0.4, -0.2) is 14.8 Å². The molecule has 0 fully saturated rings. The van der Waals surface area contributed by atoms with E-state index in [1.165, 1.54) is 17.7 Å². The van der Waals surface area contributed by atoms with Crippen molar-refractivity contribution in [2.45, 2.75) is 51.6 Å². The van der Waals surface area contributed by atoms with Gasteiger partial charge in [-0.2, -0.15) is 5.10 Å². The lowest BCUT2D eigenvalue weighted by molar-refractivity contribution is 0.436. The Hall–Kier alpha value is -1.68. The van der Waals surface area contributed by atoms with Crippen molar-refractivity contribution in [3.05, 3.63) is 47.0 Å². The highest BCUT2D eigenvalue weighted by molar-refractivity contribution is 5.29. The van der Waals surface area contributed by atoms with E-state index in [9.17, 15) is 0 Å². The summed E-state index contributed by atoms with van der Waals surface area (Å²) in [4.78, 5) is 4.60. The Morgan fingerprint density at radius 2 is 2.35 bits per heavy atom. The molecular formula is C16H22N4. The molecule has 0 spiro atoms. The van der Waals surface area contributed by atoms with Gasteiger partial charge in [-0.15, -0.1) is 0 Å². The molecule has 2 N–H and O–H groups in total. The van der Waals surface area contributed by atoms with Gasteiger partial charge in [-0.25, -0.2) is 0 Å². The van der Waals surface area contributed by atoms with E-state index in [-0.39, 0.29) is 6.04 Å². The SMILES string of the molecule is CCn1nc(C)cc1C(N)C1CCCc2cccnc21. The number of pyridine rings is 1. The molecule has 20 heavy (non-hydrogen) atoms. The third kappa shape index (κ3) is 2.24. The molecule has 1 aliphatic rings. The second kappa shape index (κ2) is 5.37. The zero-order valence-electron chi connectivity index (χ0n) is 12.2. The molecular weight excluding hydrogens is 248 g/mol. The van der Waals surface area contributed by atoms with Crippen molar-refractivity contribution in [1.29, 1.82) is 0 Å². The Kier molecular flexibility index (Phi) is 3.57. The number of hydrogen-bond acceptors (Lipinski definition) is 3. The molecule has 106 valence electrons. The molecule has 2 aromatic heterocycles. The first kappa shape index (κ1) is 13.3. The van der Waals surface area contributed by atoms with Crippen LogP contribution in [0.15, 0.2) is 24.4 Å². The van der Waals surface area contributed by atoms with Gasteiger partial charge in [0, 0.05) is 24.4 Å². The summed E-state index contributed by atoms with van der Waals surface area (Å²) >= 11 is 0. The molecule has 2 heterocycles. The summed E-state index contributed by atoms with van der Waals surface area (Å²) < 4.78 is 2.03. The minimum Gasteiger partial charge on any atom is -0.322 e. The van der Waals surface area contributed by atoms with Gasteiger partial charge in [0.2, 0.25) is 0 Å². The van der Waals surface area contributed by atoms with Crippen LogP contribution in [-0.2, 0) is 13.0 Å². The van der Waals surface area contributed by atoms with Crippen LogP contribution in [0.4, 0.5) is 0 Å². The van der Waals surface area contributed by atoms with Crippen LogP contribution in [0.1, 0.15) is 54.4 Å². The molecule has 2 aromatic rings. The fourth-order valence-electron chi connectivity index (χ4n) is 3.29. The van der Waals surface area contributed by atoms with Crippen molar-refractivity contribution in [2.75, 3.05) is 0 Å². The summed E-state index contributed by atoms with van der Waals surface area (Å²) in [6, 6.07) is 6.30. The predicted octanol–water partition coefficient (Wildman–Crippen LogP) is 2.73. The van der Waals surface area contributed by atoms with E-state index in [1.54, 1.807) is 0 Å². The van der Waals surface area contributed by atoms with Crippen molar-refractivity contribution in [2.24, 2.45) is 5.73 Å². The molecule has 2 atom stereocenters. The minimum atomic E-state index is -0.0231. The molecule has 0 saturated heterocycles. The molecule has 0 amide bonds. The summed E-state index contributed by atoms with van der Waals surface area (Å²) in [7, 11) is 0. The third-order valence-corrected chi connectivity index (χ3v) is 4.25. The summed E-state index contributed by atoms with van der Waals surface area (Å²) in [5.74, 6) is 0.307. The lowest BCUT2D eigenvalue weighted by Gasteiger charge is -2.29. The second-order valence-electron chi connectivity index (χ2n) is 5.60. The molecule has 1 aliphatic carbocycles. The van der Waals surface area contributed by atoms with Crippen LogP contribution in [0.5, 0.6) is 0 Å². The van der Waals surface area contributed by atoms with Crippen LogP contribution in [0.2, 0.25) is 0 Å². The van der Waals surface area contributed by atoms with Gasteiger partial charge in [0.25, 0.3) is 0 Å². The summed E-state index contributed by atoms with van der Waals surface area (Å²) in [6.07, 6.45) is 5.31. The molecule has 0 aromatic carbocycles. The monoisotopic (exact) mass is 270 g/mol. The van der Waals surface area contributed by atoms with E-state index in [2.05, 4.69) is 29.1 Å². The largest absolute Gasteiger partial charge is 0.322 e. The zero-order chi connectivity index (χ0) is 14.1. The van der Waals surface area contributed by atoms with E-state index < -0.39 is 0 Å². The van der Waals surface area contributed by atoms with Crippen molar-refractivity contribution in [3.8, 4) is 0 Å². The number of rotatable bonds is 3. The Bertz CT molecular complexity index is 602. The van der Waals surface area contributed by atoms with Crippen molar-refractivity contribution in [1.82, 2.24) is 14.8 Å². The van der Waals surface area contributed by atoms with Crippen molar-refractivity contribution >= 4 is 0 Å². The molecule has 0 aliphatic heterocycles. The van der Waals surface area contributed by atoms with E-state index in [0.717, 1.165) is 30.8 Å². The van der Waals surface area contributed by atoms with Crippen LogP contribution < -0.4 is 5.73 Å². The van der Waals surface area contributed by atoms with Gasteiger partial charge in [0.15, 0.2) is 0 Å². The standard InChI is InChI=1S/C16H22N4/c1-3-20-14(10-11(2)19-20)15(17)13-8-4-6-12-7-5-9-18-16(12)13/h5,7,9-10,13,15H,3-4,6,8,17H2,1-2H3. The van der Waals surface area contributed by atoms with Gasteiger partial charge < -0.3 is 5.73 Å². The molecule has 0 bridgehead atoms. The Morgan fingerprint density at radius 3 is 3.15 bits per heavy atom. The van der Waals surface area contributed by atoms with Crippen LogP contribution >= 0.6 is 0 Å². The highest BCUT2D eigenvalue weighted by atomic mass is 15.3. The molecule has 3 rings (SSSR count). The Balaban J connectivity index is 1.97. The quantitative estimate of drug-likeness (QED) is 0.933. The first-order valence-corrected chi connectivity index (χ1v) is 7.44. The van der Waals surface area contributed by atoms with Crippen molar-refractivity contribution < 1.29 is 0 Å². The molecule has 4 heteroatoms. The lowest BCUT2D eigenvalue weighted by Crippen LogP contribution is -2.26. The third-order valence-electron chi connectivity index (χ3n) is 4.25. The maximum atomic E-state index is 6.57. The van der Waals surface area contributed by atoms with Crippen LogP contribution in [0, 0.1) is 6.92 Å². The maximum absolute atomic E-state index is 6.57. The number of nitrogens with two attached hydrogens (primary N) is 1. The normalized spacial score (nSPS) is 19.6. The number of aryl methyl sites for hydroxylation is 3. The fourth-order valence-corrected chi connectivity index (χ4v) is 3.29. The smallest absolute Gasteiger partial charge is 0.0597 e. The topological polar surface area (TPSA) is 56.7 Å².